The molecule has 1 saturated heterocycles. The smallest absolute Gasteiger partial charge is 0.124 e. The SMILES string of the molecule is Cc1cc(F)cc2c(NCc3cccc(COC4CCOCC4)c3)c(C#N)cnc12. The molecule has 6 heteroatoms. The maximum Gasteiger partial charge on any atom is 0.124 e. The molecule has 154 valence electrons. The first-order chi connectivity index (χ1) is 14.6. The molecule has 0 radical (unpaired) electrons. The van der Waals surface area contributed by atoms with Gasteiger partial charge in [-0.2, -0.15) is 5.26 Å². The molecule has 0 spiro atoms. The van der Waals surface area contributed by atoms with E-state index in [1.165, 1.54) is 18.3 Å². The van der Waals surface area contributed by atoms with Crippen molar-refractivity contribution in [2.24, 2.45) is 0 Å². The summed E-state index contributed by atoms with van der Waals surface area (Å²) in [6.45, 7) is 4.40. The molecule has 5 nitrogen and oxygen atoms in total. The summed E-state index contributed by atoms with van der Waals surface area (Å²) in [4.78, 5) is 4.34. The van der Waals surface area contributed by atoms with Crippen LogP contribution in [-0.4, -0.2) is 24.3 Å². The van der Waals surface area contributed by atoms with Crippen LogP contribution in [0.25, 0.3) is 10.9 Å². The zero-order chi connectivity index (χ0) is 20.9. The van der Waals surface area contributed by atoms with Crippen molar-refractivity contribution in [2.75, 3.05) is 18.5 Å². The largest absolute Gasteiger partial charge is 0.381 e. The van der Waals surface area contributed by atoms with E-state index in [4.69, 9.17) is 9.47 Å². The van der Waals surface area contributed by atoms with E-state index in [2.05, 4.69) is 22.4 Å². The fourth-order valence-electron chi connectivity index (χ4n) is 3.79. The van der Waals surface area contributed by atoms with E-state index in [-0.39, 0.29) is 11.9 Å². The first kappa shape index (κ1) is 20.3. The minimum absolute atomic E-state index is 0.250. The lowest BCUT2D eigenvalue weighted by atomic mass is 10.1. The van der Waals surface area contributed by atoms with Gasteiger partial charge in [0.1, 0.15) is 11.9 Å². The van der Waals surface area contributed by atoms with Crippen LogP contribution in [-0.2, 0) is 22.6 Å². The van der Waals surface area contributed by atoms with Crippen LogP contribution in [0.4, 0.5) is 10.1 Å². The summed E-state index contributed by atoms with van der Waals surface area (Å²) in [6, 6.07) is 13.2. The third kappa shape index (κ3) is 4.59. The van der Waals surface area contributed by atoms with Gasteiger partial charge in [0.2, 0.25) is 0 Å². The number of anilines is 1. The fourth-order valence-corrected chi connectivity index (χ4v) is 3.79. The van der Waals surface area contributed by atoms with Crippen LogP contribution in [0.2, 0.25) is 0 Å². The highest BCUT2D eigenvalue weighted by Gasteiger charge is 2.14. The summed E-state index contributed by atoms with van der Waals surface area (Å²) >= 11 is 0. The van der Waals surface area contributed by atoms with Crippen molar-refractivity contribution in [2.45, 2.75) is 39.0 Å². The Morgan fingerprint density at radius 2 is 2.03 bits per heavy atom. The van der Waals surface area contributed by atoms with Gasteiger partial charge in [-0.15, -0.1) is 0 Å². The number of halogens is 1. The maximum atomic E-state index is 14.0. The predicted octanol–water partition coefficient (Wildman–Crippen LogP) is 4.86. The molecule has 1 fully saturated rings. The number of fused-ring (bicyclic) bond motifs is 1. The molecular weight excluding hydrogens is 381 g/mol. The van der Waals surface area contributed by atoms with Crippen molar-refractivity contribution in [1.82, 2.24) is 4.98 Å². The number of benzene rings is 2. The van der Waals surface area contributed by atoms with Gasteiger partial charge in [0.25, 0.3) is 0 Å². The zero-order valence-electron chi connectivity index (χ0n) is 17.0. The number of nitrogens with zero attached hydrogens (tertiary/aromatic N) is 2. The summed E-state index contributed by atoms with van der Waals surface area (Å²) in [5, 5.41) is 13.4. The molecule has 4 rings (SSSR count). The molecule has 0 saturated carbocycles. The molecule has 0 amide bonds. The van der Waals surface area contributed by atoms with E-state index < -0.39 is 0 Å². The van der Waals surface area contributed by atoms with Gasteiger partial charge in [0.15, 0.2) is 0 Å². The molecular formula is C24H24FN3O2. The Hall–Kier alpha value is -3.01. The average molecular weight is 405 g/mol. The topological polar surface area (TPSA) is 67.2 Å². The third-order valence-electron chi connectivity index (χ3n) is 5.36. The van der Waals surface area contributed by atoms with Gasteiger partial charge >= 0.3 is 0 Å². The lowest BCUT2D eigenvalue weighted by Gasteiger charge is -2.22. The third-order valence-corrected chi connectivity index (χ3v) is 5.36. The van der Waals surface area contributed by atoms with E-state index >= 15 is 0 Å². The second kappa shape index (κ2) is 9.21. The first-order valence-corrected chi connectivity index (χ1v) is 10.1. The predicted molar refractivity (Wildman–Crippen MR) is 114 cm³/mol. The fraction of sp³-hybridized carbons (Fsp3) is 0.333. The van der Waals surface area contributed by atoms with Crippen molar-refractivity contribution < 1.29 is 13.9 Å². The number of aryl methyl sites for hydroxylation is 1. The van der Waals surface area contributed by atoms with Crippen LogP contribution in [0.5, 0.6) is 0 Å². The number of aromatic nitrogens is 1. The summed E-state index contributed by atoms with van der Waals surface area (Å²) < 4.78 is 25.4. The summed E-state index contributed by atoms with van der Waals surface area (Å²) in [6.07, 6.45) is 3.65. The van der Waals surface area contributed by atoms with Crippen molar-refractivity contribution in [3.63, 3.8) is 0 Å². The highest BCUT2D eigenvalue weighted by Crippen LogP contribution is 2.29. The van der Waals surface area contributed by atoms with Crippen molar-refractivity contribution in [3.8, 4) is 6.07 Å². The highest BCUT2D eigenvalue weighted by atomic mass is 19.1. The van der Waals surface area contributed by atoms with Crippen LogP contribution in [0.3, 0.4) is 0 Å². The molecule has 3 aromatic rings. The van der Waals surface area contributed by atoms with Crippen molar-refractivity contribution >= 4 is 16.6 Å². The van der Waals surface area contributed by atoms with Gasteiger partial charge in [-0.25, -0.2) is 4.39 Å². The minimum Gasteiger partial charge on any atom is -0.381 e. The molecule has 2 aromatic carbocycles. The highest BCUT2D eigenvalue weighted by molar-refractivity contribution is 5.95. The Balaban J connectivity index is 1.51. The molecule has 2 heterocycles. The average Bonchev–Trinajstić information content (AvgIpc) is 2.77. The van der Waals surface area contributed by atoms with Crippen molar-refractivity contribution in [3.05, 3.63) is 70.7 Å². The van der Waals surface area contributed by atoms with Gasteiger partial charge in [0, 0.05) is 31.3 Å². The molecule has 0 atom stereocenters. The zero-order valence-corrected chi connectivity index (χ0v) is 17.0. The Kier molecular flexibility index (Phi) is 6.22. The van der Waals surface area contributed by atoms with Crippen molar-refractivity contribution in [1.29, 1.82) is 5.26 Å². The second-order valence-electron chi connectivity index (χ2n) is 7.57. The normalized spacial score (nSPS) is 14.6. The monoisotopic (exact) mass is 405 g/mol. The number of nitrogens with one attached hydrogen (secondary N) is 1. The molecule has 0 bridgehead atoms. The molecule has 1 N–H and O–H groups in total. The lowest BCUT2D eigenvalue weighted by Crippen LogP contribution is -2.23. The number of hydrogen-bond acceptors (Lipinski definition) is 5. The molecule has 1 aliphatic rings. The van der Waals surface area contributed by atoms with E-state index in [1.54, 1.807) is 0 Å². The quantitative estimate of drug-likeness (QED) is 0.634. The van der Waals surface area contributed by atoms with E-state index in [1.807, 2.05) is 25.1 Å². The van der Waals surface area contributed by atoms with Crippen LogP contribution in [0, 0.1) is 24.1 Å². The van der Waals surface area contributed by atoms with Crippen LogP contribution < -0.4 is 5.32 Å². The van der Waals surface area contributed by atoms with Gasteiger partial charge in [0.05, 0.1) is 29.5 Å². The van der Waals surface area contributed by atoms with Crippen LogP contribution >= 0.6 is 0 Å². The molecule has 0 aliphatic carbocycles. The molecule has 30 heavy (non-hydrogen) atoms. The van der Waals surface area contributed by atoms with Gasteiger partial charge < -0.3 is 14.8 Å². The van der Waals surface area contributed by atoms with E-state index in [0.717, 1.165) is 42.7 Å². The summed E-state index contributed by atoms with van der Waals surface area (Å²) in [5.41, 5.74) is 4.59. The minimum atomic E-state index is -0.341. The molecule has 0 unspecified atom stereocenters. The summed E-state index contributed by atoms with van der Waals surface area (Å²) in [5.74, 6) is -0.341. The van der Waals surface area contributed by atoms with Crippen LogP contribution in [0.1, 0.15) is 35.1 Å². The number of rotatable bonds is 6. The number of pyridine rings is 1. The number of nitriles is 1. The van der Waals surface area contributed by atoms with Gasteiger partial charge in [-0.1, -0.05) is 24.3 Å². The number of hydrogen-bond donors (Lipinski definition) is 1. The standard InChI is InChI=1S/C24H24FN3O2/c1-16-9-20(25)11-22-23(16)28-14-19(12-26)24(22)27-13-17-3-2-4-18(10-17)15-30-21-5-7-29-8-6-21/h2-4,9-11,14,21H,5-8,13,15H2,1H3,(H,27,28). The van der Waals surface area contributed by atoms with Gasteiger partial charge in [-0.05, 0) is 48.6 Å². The lowest BCUT2D eigenvalue weighted by molar-refractivity contribution is -0.0390. The summed E-state index contributed by atoms with van der Waals surface area (Å²) in [7, 11) is 0. The number of ether oxygens (including phenoxy) is 2. The molecule has 1 aromatic heterocycles. The first-order valence-electron chi connectivity index (χ1n) is 10.1. The Morgan fingerprint density at radius 3 is 2.83 bits per heavy atom. The van der Waals surface area contributed by atoms with E-state index in [9.17, 15) is 9.65 Å². The molecule has 1 aliphatic heterocycles. The van der Waals surface area contributed by atoms with E-state index in [0.29, 0.717) is 35.3 Å². The maximum absolute atomic E-state index is 14.0. The Morgan fingerprint density at radius 1 is 1.23 bits per heavy atom. The van der Waals surface area contributed by atoms with Gasteiger partial charge in [-0.3, -0.25) is 4.98 Å². The Bertz CT molecular complexity index is 1090. The Labute approximate surface area is 175 Å². The van der Waals surface area contributed by atoms with Crippen LogP contribution in [0.15, 0.2) is 42.6 Å². The second-order valence-corrected chi connectivity index (χ2v) is 7.57.